The Morgan fingerprint density at radius 2 is 2.08 bits per heavy atom. The zero-order valence-corrected chi connectivity index (χ0v) is 6.69. The van der Waals surface area contributed by atoms with Gasteiger partial charge in [-0.25, -0.2) is 0 Å². The fourth-order valence-corrected chi connectivity index (χ4v) is 1.14. The highest BCUT2D eigenvalue weighted by Crippen LogP contribution is 2.13. The minimum Gasteiger partial charge on any atom is -0.365 e. The quantitative estimate of drug-likeness (QED) is 0.625. The normalized spacial score (nSPS) is 20.5. The molecule has 1 aromatic rings. The van der Waals surface area contributed by atoms with Crippen LogP contribution in [-0.2, 0) is 16.0 Å². The van der Waals surface area contributed by atoms with Gasteiger partial charge < -0.3 is 4.74 Å². The van der Waals surface area contributed by atoms with Crippen LogP contribution < -0.4 is 0 Å². The molecule has 2 nitrogen and oxygen atoms in total. The third-order valence-corrected chi connectivity index (χ3v) is 1.91. The summed E-state index contributed by atoms with van der Waals surface area (Å²) in [6.45, 7) is 0.617. The van der Waals surface area contributed by atoms with E-state index in [0.717, 1.165) is 5.56 Å². The van der Waals surface area contributed by atoms with Crippen LogP contribution >= 0.6 is 0 Å². The molecule has 0 unspecified atom stereocenters. The van der Waals surface area contributed by atoms with E-state index in [1.54, 1.807) is 0 Å². The zero-order chi connectivity index (χ0) is 8.39. The van der Waals surface area contributed by atoms with E-state index in [1.165, 1.54) is 0 Å². The van der Waals surface area contributed by atoms with Crippen LogP contribution in [0.25, 0.3) is 0 Å². The number of hydrogen-bond donors (Lipinski definition) is 0. The van der Waals surface area contributed by atoms with Gasteiger partial charge in [-0.15, -0.1) is 0 Å². The number of Topliss-reactive ketones (excluding diaryl/α,β-unsaturated/α-hetero) is 1. The first-order valence-electron chi connectivity index (χ1n) is 4.04. The Labute approximate surface area is 71.2 Å². The van der Waals surface area contributed by atoms with Gasteiger partial charge in [0.2, 0.25) is 0 Å². The number of ketones is 1. The first-order valence-corrected chi connectivity index (χ1v) is 4.04. The second-order valence-electron chi connectivity index (χ2n) is 2.95. The monoisotopic (exact) mass is 162 g/mol. The summed E-state index contributed by atoms with van der Waals surface area (Å²) in [7, 11) is 0. The van der Waals surface area contributed by atoms with Crippen molar-refractivity contribution in [3.05, 3.63) is 35.9 Å². The van der Waals surface area contributed by atoms with E-state index < -0.39 is 0 Å². The van der Waals surface area contributed by atoms with Crippen molar-refractivity contribution in [3.8, 4) is 0 Å². The second kappa shape index (κ2) is 3.07. The van der Waals surface area contributed by atoms with Gasteiger partial charge in [-0.2, -0.15) is 0 Å². The van der Waals surface area contributed by atoms with Gasteiger partial charge in [0.1, 0.15) is 6.10 Å². The van der Waals surface area contributed by atoms with Crippen LogP contribution in [0.1, 0.15) is 5.56 Å². The van der Waals surface area contributed by atoms with Crippen LogP contribution in [-0.4, -0.2) is 18.5 Å². The van der Waals surface area contributed by atoms with E-state index >= 15 is 0 Å². The largest absolute Gasteiger partial charge is 0.365 e. The molecule has 0 aliphatic carbocycles. The van der Waals surface area contributed by atoms with Crippen molar-refractivity contribution < 1.29 is 9.53 Å². The molecule has 1 aliphatic rings. The molecule has 0 aromatic heterocycles. The third kappa shape index (κ3) is 1.71. The fraction of sp³-hybridized carbons (Fsp3) is 0.300. The summed E-state index contributed by atoms with van der Waals surface area (Å²) in [4.78, 5) is 11.2. The highest BCUT2D eigenvalue weighted by molar-refractivity contribution is 5.87. The minimum absolute atomic E-state index is 0.106. The van der Waals surface area contributed by atoms with E-state index in [1.807, 2.05) is 30.3 Å². The van der Waals surface area contributed by atoms with E-state index in [2.05, 4.69) is 0 Å². The second-order valence-corrected chi connectivity index (χ2v) is 2.95. The molecule has 1 saturated heterocycles. The maximum atomic E-state index is 11.2. The topological polar surface area (TPSA) is 29.6 Å². The SMILES string of the molecule is O=C(Cc1ccccc1)[C@H]1CO1. The van der Waals surface area contributed by atoms with E-state index in [9.17, 15) is 4.79 Å². The van der Waals surface area contributed by atoms with Gasteiger partial charge in [0.15, 0.2) is 5.78 Å². The molecular weight excluding hydrogens is 152 g/mol. The molecule has 0 saturated carbocycles. The predicted molar refractivity (Wildman–Crippen MR) is 44.9 cm³/mol. The van der Waals surface area contributed by atoms with Crippen molar-refractivity contribution in [2.45, 2.75) is 12.5 Å². The van der Waals surface area contributed by atoms with E-state index in [0.29, 0.717) is 13.0 Å². The molecule has 1 atom stereocenters. The highest BCUT2D eigenvalue weighted by Gasteiger charge is 2.30. The molecular formula is C10H10O2. The molecule has 1 fully saturated rings. The summed E-state index contributed by atoms with van der Waals surface area (Å²) in [5.74, 6) is 0.196. The Kier molecular flexibility index (Phi) is 1.92. The number of ether oxygens (including phenoxy) is 1. The molecule has 2 heteroatoms. The molecule has 0 amide bonds. The third-order valence-electron chi connectivity index (χ3n) is 1.91. The number of carbonyl (C=O) groups is 1. The van der Waals surface area contributed by atoms with E-state index in [4.69, 9.17) is 4.74 Å². The highest BCUT2D eigenvalue weighted by atomic mass is 16.6. The standard InChI is InChI=1S/C10H10O2/c11-9(10-7-12-10)6-8-4-2-1-3-5-8/h1-5,10H,6-7H2/t10-/m1/s1. The molecule has 2 rings (SSSR count). The summed E-state index contributed by atoms with van der Waals surface area (Å²) >= 11 is 0. The average Bonchev–Trinajstić information content (AvgIpc) is 2.88. The van der Waals surface area contributed by atoms with Crippen LogP contribution in [0.15, 0.2) is 30.3 Å². The number of carbonyl (C=O) groups excluding carboxylic acids is 1. The molecule has 1 aromatic carbocycles. The molecule has 0 radical (unpaired) electrons. The maximum absolute atomic E-state index is 11.2. The van der Waals surface area contributed by atoms with Crippen molar-refractivity contribution in [1.82, 2.24) is 0 Å². The lowest BCUT2D eigenvalue weighted by molar-refractivity contribution is -0.119. The Morgan fingerprint density at radius 1 is 1.42 bits per heavy atom. The number of epoxide rings is 1. The molecule has 1 aliphatic heterocycles. The first kappa shape index (κ1) is 7.50. The van der Waals surface area contributed by atoms with E-state index in [-0.39, 0.29) is 11.9 Å². The Hall–Kier alpha value is -1.15. The van der Waals surface area contributed by atoms with Crippen LogP contribution in [0.3, 0.4) is 0 Å². The fourth-order valence-electron chi connectivity index (χ4n) is 1.14. The molecule has 0 spiro atoms. The van der Waals surface area contributed by atoms with Crippen molar-refractivity contribution in [2.75, 3.05) is 6.61 Å². The Bertz CT molecular complexity index is 275. The molecule has 0 N–H and O–H groups in total. The summed E-state index contributed by atoms with van der Waals surface area (Å²) < 4.78 is 4.89. The Balaban J connectivity index is 1.98. The van der Waals surface area contributed by atoms with Gasteiger partial charge in [0, 0.05) is 6.42 Å². The van der Waals surface area contributed by atoms with Crippen molar-refractivity contribution in [2.24, 2.45) is 0 Å². The van der Waals surface area contributed by atoms with Crippen LogP contribution in [0, 0.1) is 0 Å². The summed E-state index contributed by atoms with van der Waals surface area (Å²) in [6, 6.07) is 9.74. The van der Waals surface area contributed by atoms with Crippen molar-refractivity contribution in [3.63, 3.8) is 0 Å². The molecule has 1 heterocycles. The van der Waals surface area contributed by atoms with Crippen molar-refractivity contribution >= 4 is 5.78 Å². The molecule has 0 bridgehead atoms. The van der Waals surface area contributed by atoms with Crippen LogP contribution in [0.2, 0.25) is 0 Å². The number of hydrogen-bond acceptors (Lipinski definition) is 2. The van der Waals surface area contributed by atoms with Gasteiger partial charge in [-0.05, 0) is 5.56 Å². The van der Waals surface area contributed by atoms with Crippen molar-refractivity contribution in [1.29, 1.82) is 0 Å². The maximum Gasteiger partial charge on any atom is 0.168 e. The molecule has 62 valence electrons. The van der Waals surface area contributed by atoms with Gasteiger partial charge in [-0.3, -0.25) is 4.79 Å². The zero-order valence-electron chi connectivity index (χ0n) is 6.69. The van der Waals surface area contributed by atoms with Gasteiger partial charge in [-0.1, -0.05) is 30.3 Å². The summed E-state index contributed by atoms with van der Waals surface area (Å²) in [5, 5.41) is 0. The lowest BCUT2D eigenvalue weighted by Gasteiger charge is -1.96. The first-order chi connectivity index (χ1) is 5.86. The van der Waals surface area contributed by atoms with Gasteiger partial charge in [0.05, 0.1) is 6.61 Å². The lowest BCUT2D eigenvalue weighted by atomic mass is 10.1. The minimum atomic E-state index is -0.106. The van der Waals surface area contributed by atoms with Gasteiger partial charge >= 0.3 is 0 Å². The number of rotatable bonds is 3. The average molecular weight is 162 g/mol. The molecule has 12 heavy (non-hydrogen) atoms. The van der Waals surface area contributed by atoms with Gasteiger partial charge in [0.25, 0.3) is 0 Å². The van der Waals surface area contributed by atoms with Crippen LogP contribution in [0.4, 0.5) is 0 Å². The number of benzene rings is 1. The summed E-state index contributed by atoms with van der Waals surface area (Å²) in [6.07, 6.45) is 0.399. The predicted octanol–water partition coefficient (Wildman–Crippen LogP) is 1.20. The van der Waals surface area contributed by atoms with Crippen LogP contribution in [0.5, 0.6) is 0 Å². The smallest absolute Gasteiger partial charge is 0.168 e. The lowest BCUT2D eigenvalue weighted by Crippen LogP contribution is -2.09. The summed E-state index contributed by atoms with van der Waals surface area (Å²) in [5.41, 5.74) is 1.07. The Morgan fingerprint density at radius 3 is 2.67 bits per heavy atom.